The van der Waals surface area contributed by atoms with Gasteiger partial charge in [0.2, 0.25) is 0 Å². The van der Waals surface area contributed by atoms with E-state index in [9.17, 15) is 26.4 Å². The molecule has 0 unspecified atom stereocenters. The number of fused-ring (bicyclic) bond motifs is 1. The minimum atomic E-state index is -5.46. The van der Waals surface area contributed by atoms with Crippen molar-refractivity contribution in [3.05, 3.63) is 52.9 Å². The number of ether oxygens (including phenoxy) is 1. The molecule has 0 radical (unpaired) electrons. The molecule has 0 aliphatic carbocycles. The molecule has 0 bridgehead atoms. The lowest BCUT2D eigenvalue weighted by Crippen LogP contribution is -2.39. The number of carbonyl (C=O) groups excluding carboxylic acids is 1. The fourth-order valence-electron chi connectivity index (χ4n) is 3.67. The van der Waals surface area contributed by atoms with Crippen LogP contribution in [0, 0.1) is 20.8 Å². The molecule has 3 heterocycles. The van der Waals surface area contributed by atoms with Gasteiger partial charge in [-0.2, -0.15) is 21.6 Å². The maximum atomic E-state index is 13.6. The van der Waals surface area contributed by atoms with Gasteiger partial charge in [0.1, 0.15) is 22.1 Å². The molecule has 4 aromatic rings. The minimum absolute atomic E-state index is 0.0164. The Labute approximate surface area is 214 Å². The zero-order chi connectivity index (χ0) is 27.3. The van der Waals surface area contributed by atoms with E-state index in [0.29, 0.717) is 32.3 Å². The van der Waals surface area contributed by atoms with E-state index in [1.165, 1.54) is 43.1 Å². The van der Waals surface area contributed by atoms with Crippen LogP contribution in [0.2, 0.25) is 0 Å². The van der Waals surface area contributed by atoms with Gasteiger partial charge >= 0.3 is 22.2 Å². The van der Waals surface area contributed by atoms with E-state index < -0.39 is 27.2 Å². The van der Waals surface area contributed by atoms with Crippen LogP contribution in [0.25, 0.3) is 21.3 Å². The summed E-state index contributed by atoms with van der Waals surface area (Å²) in [4.78, 5) is 26.0. The number of rotatable bonds is 6. The largest absolute Gasteiger partial charge is 0.497 e. The summed E-state index contributed by atoms with van der Waals surface area (Å²) < 4.78 is 73.7. The highest BCUT2D eigenvalue weighted by atomic mass is 32.2. The Morgan fingerprint density at radius 3 is 2.43 bits per heavy atom. The van der Waals surface area contributed by atoms with Crippen molar-refractivity contribution < 1.29 is 36.0 Å². The van der Waals surface area contributed by atoms with Gasteiger partial charge in [-0.3, -0.25) is 0 Å². The molecule has 0 aliphatic heterocycles. The molecule has 0 amide bonds. The average molecular weight is 555 g/mol. The fraction of sp³-hybridized carbons (Fsp3) is 0.261. The zero-order valence-corrected chi connectivity index (χ0v) is 21.9. The standard InChI is InChI=1S/C23H21F3N4O5S2/c1-12-9-17(20-19(13(2)36-21(20)27-12)15-7-6-8-16(10-15)34-5)30(35-22(31)23(24,25)26)37(32,33)18-11-29(4)14(3)28-18/h6-11H,1-5H3. The number of benzene rings is 1. The molecule has 37 heavy (non-hydrogen) atoms. The van der Waals surface area contributed by atoms with Crippen molar-refractivity contribution in [2.45, 2.75) is 32.0 Å². The lowest BCUT2D eigenvalue weighted by molar-refractivity contribution is -0.199. The number of thiophene rings is 1. The SMILES string of the molecule is COc1cccc(-c2c(C)sc3nc(C)cc(N(OC(=O)C(F)(F)F)S(=O)(=O)c4cn(C)c(C)n4)c23)c1. The van der Waals surface area contributed by atoms with Crippen LogP contribution in [0.3, 0.4) is 0 Å². The summed E-state index contributed by atoms with van der Waals surface area (Å²) in [6.07, 6.45) is -4.35. The summed E-state index contributed by atoms with van der Waals surface area (Å²) >= 11 is 1.21. The molecule has 0 atom stereocenters. The van der Waals surface area contributed by atoms with Gasteiger partial charge in [0.15, 0.2) is 5.03 Å². The van der Waals surface area contributed by atoms with Crippen LogP contribution in [0.4, 0.5) is 18.9 Å². The van der Waals surface area contributed by atoms with E-state index >= 15 is 0 Å². The Kier molecular flexibility index (Phi) is 6.67. The van der Waals surface area contributed by atoms with Crippen LogP contribution in [0.15, 0.2) is 41.6 Å². The van der Waals surface area contributed by atoms with Crippen LogP contribution in [0.5, 0.6) is 5.75 Å². The number of aromatic nitrogens is 3. The Morgan fingerprint density at radius 1 is 1.14 bits per heavy atom. The third-order valence-corrected chi connectivity index (χ3v) is 7.90. The van der Waals surface area contributed by atoms with Gasteiger partial charge < -0.3 is 14.1 Å². The second kappa shape index (κ2) is 9.34. The molecule has 0 saturated heterocycles. The van der Waals surface area contributed by atoms with Gasteiger partial charge in [0, 0.05) is 34.8 Å². The molecule has 0 spiro atoms. The van der Waals surface area contributed by atoms with Crippen molar-refractivity contribution in [2.24, 2.45) is 7.05 Å². The van der Waals surface area contributed by atoms with Crippen LogP contribution >= 0.6 is 11.3 Å². The quantitative estimate of drug-likeness (QED) is 0.314. The third-order valence-electron chi connectivity index (χ3n) is 5.47. The number of anilines is 1. The Bertz CT molecular complexity index is 1610. The molecular weight excluding hydrogens is 533 g/mol. The smallest absolute Gasteiger partial charge is 0.493 e. The first-order valence-corrected chi connectivity index (χ1v) is 12.9. The molecule has 1 aromatic carbocycles. The number of halogens is 3. The highest BCUT2D eigenvalue weighted by Crippen LogP contribution is 2.45. The van der Waals surface area contributed by atoms with Crippen molar-refractivity contribution in [1.29, 1.82) is 0 Å². The predicted octanol–water partition coefficient (Wildman–Crippen LogP) is 4.85. The molecule has 0 saturated carbocycles. The molecule has 0 N–H and O–H groups in total. The van der Waals surface area contributed by atoms with Gasteiger partial charge in [-0.05, 0) is 44.5 Å². The normalized spacial score (nSPS) is 12.1. The van der Waals surface area contributed by atoms with Crippen molar-refractivity contribution in [3.8, 4) is 16.9 Å². The molecule has 196 valence electrons. The number of imidazole rings is 1. The van der Waals surface area contributed by atoms with E-state index in [4.69, 9.17) is 4.74 Å². The topological polar surface area (TPSA) is 104 Å². The van der Waals surface area contributed by atoms with E-state index in [1.807, 2.05) is 0 Å². The number of carbonyl (C=O) groups is 1. The van der Waals surface area contributed by atoms with Gasteiger partial charge in [-0.25, -0.2) is 14.8 Å². The molecule has 14 heteroatoms. The zero-order valence-electron chi connectivity index (χ0n) is 20.2. The van der Waals surface area contributed by atoms with E-state index in [2.05, 4.69) is 14.8 Å². The lowest BCUT2D eigenvalue weighted by Gasteiger charge is -2.23. The van der Waals surface area contributed by atoms with Crippen LogP contribution in [0.1, 0.15) is 16.4 Å². The molecule has 9 nitrogen and oxygen atoms in total. The second-order valence-electron chi connectivity index (χ2n) is 8.07. The monoisotopic (exact) mass is 554 g/mol. The second-order valence-corrected chi connectivity index (χ2v) is 11.0. The Hall–Kier alpha value is -3.65. The maximum Gasteiger partial charge on any atom is 0.493 e. The highest BCUT2D eigenvalue weighted by molar-refractivity contribution is 7.92. The van der Waals surface area contributed by atoms with Crippen LogP contribution < -0.4 is 9.21 Å². The maximum absolute atomic E-state index is 13.6. The van der Waals surface area contributed by atoms with Crippen molar-refractivity contribution in [1.82, 2.24) is 14.5 Å². The summed E-state index contributed by atoms with van der Waals surface area (Å²) in [5, 5.41) is -0.410. The summed E-state index contributed by atoms with van der Waals surface area (Å²) in [6.45, 7) is 4.83. The number of nitrogens with zero attached hydrogens (tertiary/aromatic N) is 4. The van der Waals surface area contributed by atoms with Gasteiger partial charge in [0.05, 0.1) is 7.11 Å². The van der Waals surface area contributed by atoms with Gasteiger partial charge in [-0.1, -0.05) is 16.6 Å². The summed E-state index contributed by atoms with van der Waals surface area (Å²) in [7, 11) is -1.91. The Balaban J connectivity index is 2.05. The average Bonchev–Trinajstić information content (AvgIpc) is 3.34. The van der Waals surface area contributed by atoms with E-state index in [1.54, 1.807) is 38.1 Å². The number of methoxy groups -OCH3 is 1. The minimum Gasteiger partial charge on any atom is -0.497 e. The summed E-state index contributed by atoms with van der Waals surface area (Å²) in [5.41, 5.74) is 1.08. The van der Waals surface area contributed by atoms with Crippen molar-refractivity contribution in [2.75, 3.05) is 11.6 Å². The van der Waals surface area contributed by atoms with Crippen LogP contribution in [-0.2, 0) is 26.7 Å². The summed E-state index contributed by atoms with van der Waals surface area (Å²) in [5.74, 6) is -1.92. The number of hydrogen-bond donors (Lipinski definition) is 0. The van der Waals surface area contributed by atoms with E-state index in [-0.39, 0.29) is 21.4 Å². The van der Waals surface area contributed by atoms with Gasteiger partial charge in [-0.15, -0.1) is 11.3 Å². The molecule has 0 aliphatic rings. The third kappa shape index (κ3) is 4.85. The lowest BCUT2D eigenvalue weighted by atomic mass is 10.0. The molecular formula is C23H21F3N4O5S2. The number of aryl methyl sites for hydroxylation is 4. The predicted molar refractivity (Wildman–Crippen MR) is 131 cm³/mol. The Morgan fingerprint density at radius 2 is 1.84 bits per heavy atom. The van der Waals surface area contributed by atoms with Crippen molar-refractivity contribution >= 4 is 43.2 Å². The number of sulfonamides is 1. The first kappa shape index (κ1) is 26.4. The number of hydrogen-bond acceptors (Lipinski definition) is 8. The molecule has 4 rings (SSSR count). The molecule has 3 aromatic heterocycles. The number of pyridine rings is 1. The van der Waals surface area contributed by atoms with E-state index in [0.717, 1.165) is 6.20 Å². The first-order chi connectivity index (χ1) is 17.2. The van der Waals surface area contributed by atoms with Crippen molar-refractivity contribution in [3.63, 3.8) is 0 Å². The highest BCUT2D eigenvalue weighted by Gasteiger charge is 2.46. The number of alkyl halides is 3. The van der Waals surface area contributed by atoms with Gasteiger partial charge in [0.25, 0.3) is 0 Å². The fourth-order valence-corrected chi connectivity index (χ4v) is 6.06. The first-order valence-electron chi connectivity index (χ1n) is 10.6. The van der Waals surface area contributed by atoms with Crippen LogP contribution in [-0.4, -0.2) is 42.2 Å². The molecule has 0 fully saturated rings. The summed E-state index contributed by atoms with van der Waals surface area (Å²) in [6, 6.07) is 8.11.